The van der Waals surface area contributed by atoms with Crippen LogP contribution in [-0.4, -0.2) is 19.8 Å². The summed E-state index contributed by atoms with van der Waals surface area (Å²) in [5, 5.41) is 13.9. The van der Waals surface area contributed by atoms with Crippen LogP contribution in [0.4, 0.5) is 5.69 Å². The van der Waals surface area contributed by atoms with Crippen LogP contribution in [0.2, 0.25) is 0 Å². The molecule has 1 aliphatic rings. The van der Waals surface area contributed by atoms with Gasteiger partial charge in [0.25, 0.3) is 0 Å². The van der Waals surface area contributed by atoms with E-state index in [1.807, 2.05) is 48.8 Å². The highest BCUT2D eigenvalue weighted by Gasteiger charge is 2.42. The number of aryl methyl sites for hydroxylation is 1. The molecule has 0 saturated carbocycles. The fraction of sp³-hybridized carbons (Fsp3) is 0.120. The Hall–Kier alpha value is -3.64. The van der Waals surface area contributed by atoms with Crippen molar-refractivity contribution < 1.29 is 5.11 Å². The van der Waals surface area contributed by atoms with Crippen LogP contribution < -0.4 is 10.2 Å². The molecule has 154 valence electrons. The van der Waals surface area contributed by atoms with Gasteiger partial charge in [0.1, 0.15) is 11.8 Å². The number of phenolic OH excluding ortho intramolecular Hbond substituents is 1. The number of anilines is 1. The molecular formula is C25H22N4OS. The molecule has 0 radical (unpaired) electrons. The number of pyridine rings is 1. The van der Waals surface area contributed by atoms with E-state index in [-0.39, 0.29) is 17.8 Å². The average molecular weight is 427 g/mol. The molecule has 1 aliphatic heterocycles. The number of nitrogens with zero attached hydrogens (tertiary/aromatic N) is 3. The highest BCUT2D eigenvalue weighted by Crippen LogP contribution is 2.42. The van der Waals surface area contributed by atoms with E-state index in [1.165, 1.54) is 5.56 Å². The lowest BCUT2D eigenvalue weighted by atomic mass is 10.0. The second-order valence-corrected chi connectivity index (χ2v) is 8.04. The number of benzene rings is 2. The Labute approximate surface area is 186 Å². The first kappa shape index (κ1) is 19.3. The van der Waals surface area contributed by atoms with Gasteiger partial charge < -0.3 is 19.9 Å². The lowest BCUT2D eigenvalue weighted by molar-refractivity contribution is 0.475. The molecule has 1 saturated heterocycles. The monoisotopic (exact) mass is 426 g/mol. The number of aromatic hydroxyl groups is 1. The molecule has 2 aromatic heterocycles. The van der Waals surface area contributed by atoms with Crippen molar-refractivity contribution in [3.8, 4) is 11.4 Å². The van der Waals surface area contributed by atoms with Crippen LogP contribution in [0.25, 0.3) is 5.69 Å². The molecule has 5 nitrogen and oxygen atoms in total. The molecule has 1 fully saturated rings. The molecule has 5 rings (SSSR count). The molecule has 0 aliphatic carbocycles. The summed E-state index contributed by atoms with van der Waals surface area (Å²) in [6, 6.07) is 25.5. The van der Waals surface area contributed by atoms with E-state index in [4.69, 9.17) is 12.2 Å². The predicted octanol–water partition coefficient (Wildman–Crippen LogP) is 5.06. The molecule has 3 heterocycles. The first-order valence-electron chi connectivity index (χ1n) is 10.2. The van der Waals surface area contributed by atoms with Crippen molar-refractivity contribution in [3.05, 3.63) is 108 Å². The third-order valence-electron chi connectivity index (χ3n) is 5.62. The summed E-state index contributed by atoms with van der Waals surface area (Å²) in [6.07, 6.45) is 3.84. The minimum atomic E-state index is -0.110. The van der Waals surface area contributed by atoms with Gasteiger partial charge in [-0.25, -0.2) is 0 Å². The Kier molecular flexibility index (Phi) is 4.92. The van der Waals surface area contributed by atoms with E-state index in [0.717, 1.165) is 22.8 Å². The highest BCUT2D eigenvalue weighted by molar-refractivity contribution is 7.80. The molecule has 6 heteroatoms. The fourth-order valence-electron chi connectivity index (χ4n) is 4.12. The summed E-state index contributed by atoms with van der Waals surface area (Å²) in [6.45, 7) is 2.08. The Bertz CT molecular complexity index is 1200. The van der Waals surface area contributed by atoms with Crippen molar-refractivity contribution in [2.75, 3.05) is 4.90 Å². The van der Waals surface area contributed by atoms with Gasteiger partial charge in [-0.3, -0.25) is 4.98 Å². The molecule has 2 N–H and O–H groups in total. The van der Waals surface area contributed by atoms with Crippen molar-refractivity contribution in [3.63, 3.8) is 0 Å². The average Bonchev–Trinajstić information content (AvgIpc) is 3.40. The van der Waals surface area contributed by atoms with Gasteiger partial charge in [-0.05, 0) is 79.8 Å². The van der Waals surface area contributed by atoms with Crippen molar-refractivity contribution in [1.29, 1.82) is 0 Å². The fourth-order valence-corrected chi connectivity index (χ4v) is 4.47. The number of nitrogens with one attached hydrogen (secondary N) is 1. The maximum atomic E-state index is 9.72. The second-order valence-electron chi connectivity index (χ2n) is 7.65. The minimum absolute atomic E-state index is 0.103. The van der Waals surface area contributed by atoms with E-state index in [9.17, 15) is 5.11 Å². The van der Waals surface area contributed by atoms with Crippen LogP contribution in [0.3, 0.4) is 0 Å². The molecule has 0 unspecified atom stereocenters. The van der Waals surface area contributed by atoms with Gasteiger partial charge in [-0.1, -0.05) is 23.8 Å². The molecule has 4 aromatic rings. The molecule has 0 bridgehead atoms. The van der Waals surface area contributed by atoms with E-state index < -0.39 is 0 Å². The quantitative estimate of drug-likeness (QED) is 0.447. The van der Waals surface area contributed by atoms with Crippen LogP contribution in [0.1, 0.15) is 29.0 Å². The van der Waals surface area contributed by atoms with E-state index in [1.54, 1.807) is 12.1 Å². The molecule has 2 aromatic carbocycles. The van der Waals surface area contributed by atoms with Gasteiger partial charge in [0.15, 0.2) is 5.11 Å². The van der Waals surface area contributed by atoms with Gasteiger partial charge in [0, 0.05) is 29.5 Å². The zero-order valence-corrected chi connectivity index (χ0v) is 17.8. The van der Waals surface area contributed by atoms with Gasteiger partial charge in [0.2, 0.25) is 0 Å². The zero-order valence-electron chi connectivity index (χ0n) is 17.0. The zero-order chi connectivity index (χ0) is 21.4. The Morgan fingerprint density at radius 3 is 2.35 bits per heavy atom. The number of rotatable bonds is 4. The van der Waals surface area contributed by atoms with E-state index >= 15 is 0 Å². The normalized spacial score (nSPS) is 18.2. The lowest BCUT2D eigenvalue weighted by Gasteiger charge is -2.29. The first-order chi connectivity index (χ1) is 15.1. The van der Waals surface area contributed by atoms with Crippen LogP contribution in [0.15, 0.2) is 91.3 Å². The SMILES string of the molecule is Cc1ccc(N2C(=S)N[C@H](c3ccccn3)[C@@H]2c2cccn2-c2ccc(O)cc2)cc1. The Morgan fingerprint density at radius 2 is 1.65 bits per heavy atom. The van der Waals surface area contributed by atoms with Gasteiger partial charge in [-0.2, -0.15) is 0 Å². The lowest BCUT2D eigenvalue weighted by Crippen LogP contribution is -2.30. The van der Waals surface area contributed by atoms with Gasteiger partial charge in [0.05, 0.1) is 11.7 Å². The second kappa shape index (κ2) is 7.89. The molecular weight excluding hydrogens is 404 g/mol. The number of hydrogen-bond donors (Lipinski definition) is 2. The van der Waals surface area contributed by atoms with Crippen LogP contribution in [0, 0.1) is 6.92 Å². The maximum absolute atomic E-state index is 9.72. The summed E-state index contributed by atoms with van der Waals surface area (Å²) >= 11 is 5.81. The van der Waals surface area contributed by atoms with Crippen molar-refractivity contribution in [1.82, 2.24) is 14.9 Å². The topological polar surface area (TPSA) is 53.3 Å². The van der Waals surface area contributed by atoms with Gasteiger partial charge in [-0.15, -0.1) is 0 Å². The maximum Gasteiger partial charge on any atom is 0.174 e. The van der Waals surface area contributed by atoms with E-state index in [0.29, 0.717) is 5.11 Å². The van der Waals surface area contributed by atoms with Crippen molar-refractivity contribution in [2.45, 2.75) is 19.0 Å². The highest BCUT2D eigenvalue weighted by atomic mass is 32.1. The molecule has 0 amide bonds. The predicted molar refractivity (Wildman–Crippen MR) is 127 cm³/mol. The summed E-state index contributed by atoms with van der Waals surface area (Å²) in [5.74, 6) is 0.244. The standard InChI is InChI=1S/C25H22N4OS/c1-17-7-9-19(10-8-17)29-24(23(27-25(29)31)21-5-2-3-15-26-21)22-6-4-16-28(22)18-11-13-20(30)14-12-18/h2-16,23-24,30H,1H3,(H,27,31)/t23-,24+/m1/s1. The van der Waals surface area contributed by atoms with Crippen LogP contribution >= 0.6 is 12.2 Å². The van der Waals surface area contributed by atoms with Gasteiger partial charge >= 0.3 is 0 Å². The summed E-state index contributed by atoms with van der Waals surface area (Å²) < 4.78 is 2.14. The molecule has 2 atom stereocenters. The first-order valence-corrected chi connectivity index (χ1v) is 10.6. The summed E-state index contributed by atoms with van der Waals surface area (Å²) in [4.78, 5) is 6.79. The minimum Gasteiger partial charge on any atom is -0.508 e. The van der Waals surface area contributed by atoms with Crippen molar-refractivity contribution in [2.24, 2.45) is 0 Å². The van der Waals surface area contributed by atoms with Crippen LogP contribution in [-0.2, 0) is 0 Å². The van der Waals surface area contributed by atoms with E-state index in [2.05, 4.69) is 57.0 Å². The van der Waals surface area contributed by atoms with Crippen LogP contribution in [0.5, 0.6) is 5.75 Å². The van der Waals surface area contributed by atoms with Crippen molar-refractivity contribution >= 4 is 23.0 Å². The molecule has 31 heavy (non-hydrogen) atoms. The third kappa shape index (κ3) is 3.55. The number of thiocarbonyl (C=S) groups is 1. The summed E-state index contributed by atoms with van der Waals surface area (Å²) in [5.41, 5.74) is 5.22. The Balaban J connectivity index is 1.66. The Morgan fingerprint density at radius 1 is 0.903 bits per heavy atom. The molecule has 0 spiro atoms. The number of phenols is 1. The summed E-state index contributed by atoms with van der Waals surface area (Å²) in [7, 11) is 0. The number of aromatic nitrogens is 2. The third-order valence-corrected chi connectivity index (χ3v) is 5.94. The smallest absolute Gasteiger partial charge is 0.174 e. The largest absolute Gasteiger partial charge is 0.508 e. The number of hydrogen-bond acceptors (Lipinski definition) is 3.